The number of hydrogen-bond acceptors (Lipinski definition) is 4. The zero-order valence-electron chi connectivity index (χ0n) is 16.3. The van der Waals surface area contributed by atoms with Crippen molar-refractivity contribution in [1.29, 1.82) is 5.26 Å². The maximum absolute atomic E-state index is 13.2. The summed E-state index contributed by atoms with van der Waals surface area (Å²) in [5.74, 6) is -0.414. The first-order chi connectivity index (χ1) is 15.0. The Morgan fingerprint density at radius 3 is 2.19 bits per heavy atom. The predicted octanol–water partition coefficient (Wildman–Crippen LogP) is 5.65. The second kappa shape index (κ2) is 8.74. The van der Waals surface area contributed by atoms with Crippen molar-refractivity contribution in [1.82, 2.24) is 9.38 Å². The SMILES string of the molecule is CCSc1c(C(=O)N(CC#N)c2ccc(C(F)(F)F)cc2)nc2ccc(C(F)(F)F)cn12. The highest BCUT2D eigenvalue weighted by Gasteiger charge is 2.33. The molecule has 168 valence electrons. The van der Waals surface area contributed by atoms with Gasteiger partial charge in [-0.15, -0.1) is 11.8 Å². The van der Waals surface area contributed by atoms with Crippen molar-refractivity contribution in [2.24, 2.45) is 0 Å². The number of fused-ring (bicyclic) bond motifs is 1. The van der Waals surface area contributed by atoms with Crippen molar-refractivity contribution in [2.75, 3.05) is 17.2 Å². The van der Waals surface area contributed by atoms with E-state index in [-0.39, 0.29) is 22.1 Å². The highest BCUT2D eigenvalue weighted by atomic mass is 32.2. The molecule has 3 rings (SSSR count). The van der Waals surface area contributed by atoms with Crippen molar-refractivity contribution in [3.8, 4) is 6.07 Å². The van der Waals surface area contributed by atoms with Gasteiger partial charge in [0.15, 0.2) is 5.69 Å². The number of nitriles is 1. The molecule has 0 spiro atoms. The Morgan fingerprint density at radius 1 is 1.06 bits per heavy atom. The second-order valence-corrected chi connectivity index (χ2v) is 7.69. The molecule has 0 fully saturated rings. The van der Waals surface area contributed by atoms with E-state index in [4.69, 9.17) is 5.26 Å². The van der Waals surface area contributed by atoms with Crippen LogP contribution in [0.2, 0.25) is 0 Å². The number of halogens is 6. The van der Waals surface area contributed by atoms with Gasteiger partial charge in [0, 0.05) is 11.9 Å². The van der Waals surface area contributed by atoms with E-state index >= 15 is 0 Å². The number of thioether (sulfide) groups is 1. The van der Waals surface area contributed by atoms with E-state index in [0.717, 1.165) is 63.7 Å². The molecule has 0 saturated heterocycles. The molecule has 2 heterocycles. The van der Waals surface area contributed by atoms with Crippen LogP contribution in [0.25, 0.3) is 5.65 Å². The largest absolute Gasteiger partial charge is 0.417 e. The van der Waals surface area contributed by atoms with Gasteiger partial charge in [0.25, 0.3) is 5.91 Å². The zero-order valence-corrected chi connectivity index (χ0v) is 17.1. The molecule has 1 amide bonds. The average molecular weight is 472 g/mol. The summed E-state index contributed by atoms with van der Waals surface area (Å²) in [5.41, 5.74) is -1.96. The van der Waals surface area contributed by atoms with Gasteiger partial charge in [0.05, 0.1) is 17.2 Å². The summed E-state index contributed by atoms with van der Waals surface area (Å²) in [6, 6.07) is 7.35. The number of carbonyl (C=O) groups is 1. The summed E-state index contributed by atoms with van der Waals surface area (Å²) in [6.45, 7) is 1.23. The van der Waals surface area contributed by atoms with E-state index < -0.39 is 35.9 Å². The predicted molar refractivity (Wildman–Crippen MR) is 105 cm³/mol. The Bertz CT molecular complexity index is 1180. The first-order valence-corrected chi connectivity index (χ1v) is 10.0. The lowest BCUT2D eigenvalue weighted by atomic mass is 10.2. The first kappa shape index (κ1) is 23.5. The Labute approximate surface area is 182 Å². The van der Waals surface area contributed by atoms with Gasteiger partial charge in [-0.3, -0.25) is 14.1 Å². The Hall–Kier alpha value is -3.20. The number of alkyl halides is 6. The van der Waals surface area contributed by atoms with Crippen LogP contribution in [-0.2, 0) is 12.4 Å². The van der Waals surface area contributed by atoms with Crippen molar-refractivity contribution >= 4 is 29.0 Å². The Balaban J connectivity index is 2.09. The highest BCUT2D eigenvalue weighted by molar-refractivity contribution is 7.99. The fourth-order valence-electron chi connectivity index (χ4n) is 2.91. The molecule has 32 heavy (non-hydrogen) atoms. The Kier molecular flexibility index (Phi) is 6.41. The molecule has 2 aromatic heterocycles. The number of rotatable bonds is 5. The van der Waals surface area contributed by atoms with Crippen LogP contribution in [0.4, 0.5) is 32.0 Å². The molecule has 12 heteroatoms. The van der Waals surface area contributed by atoms with E-state index in [2.05, 4.69) is 4.98 Å². The van der Waals surface area contributed by atoms with Gasteiger partial charge >= 0.3 is 12.4 Å². The lowest BCUT2D eigenvalue weighted by Crippen LogP contribution is -2.32. The van der Waals surface area contributed by atoms with Gasteiger partial charge in [0.1, 0.15) is 17.2 Å². The minimum Gasteiger partial charge on any atom is -0.293 e. The fourth-order valence-corrected chi connectivity index (χ4v) is 3.74. The average Bonchev–Trinajstić information content (AvgIpc) is 3.08. The molecule has 0 bridgehead atoms. The molecule has 1 aromatic carbocycles. The monoisotopic (exact) mass is 472 g/mol. The molecule has 0 aliphatic heterocycles. The van der Waals surface area contributed by atoms with Crippen LogP contribution in [0, 0.1) is 11.3 Å². The first-order valence-electron chi connectivity index (χ1n) is 9.05. The third kappa shape index (κ3) is 4.67. The molecule has 0 saturated carbocycles. The molecule has 5 nitrogen and oxygen atoms in total. The van der Waals surface area contributed by atoms with Gasteiger partial charge in [-0.25, -0.2) is 4.98 Å². The normalized spacial score (nSPS) is 12.1. The van der Waals surface area contributed by atoms with E-state index in [0.29, 0.717) is 5.75 Å². The number of nitrogens with zero attached hydrogens (tertiary/aromatic N) is 4. The summed E-state index contributed by atoms with van der Waals surface area (Å²) in [7, 11) is 0. The van der Waals surface area contributed by atoms with Crippen LogP contribution in [0.15, 0.2) is 47.6 Å². The quantitative estimate of drug-likeness (QED) is 0.273. The number of benzene rings is 1. The standard InChI is InChI=1S/C20H14F6N4OS/c1-2-32-18-16(28-15-8-5-13(11-30(15)18)20(24,25)26)17(31)29(10-9-27)14-6-3-12(4-7-14)19(21,22)23/h3-8,11H,2,10H2,1H3. The number of carbonyl (C=O) groups excluding carboxylic acids is 1. The second-order valence-electron chi connectivity index (χ2n) is 6.44. The van der Waals surface area contributed by atoms with Gasteiger partial charge in [-0.05, 0) is 42.2 Å². The third-order valence-electron chi connectivity index (χ3n) is 4.37. The fraction of sp³-hybridized carbons (Fsp3) is 0.250. The van der Waals surface area contributed by atoms with E-state index in [1.54, 1.807) is 13.0 Å². The maximum Gasteiger partial charge on any atom is 0.417 e. The number of pyridine rings is 1. The van der Waals surface area contributed by atoms with Crippen LogP contribution < -0.4 is 4.90 Å². The van der Waals surface area contributed by atoms with Crippen LogP contribution in [0.1, 0.15) is 28.5 Å². The number of hydrogen-bond donors (Lipinski definition) is 0. The van der Waals surface area contributed by atoms with Crippen molar-refractivity contribution in [3.63, 3.8) is 0 Å². The molecule has 3 aromatic rings. The molecule has 0 N–H and O–H groups in total. The highest BCUT2D eigenvalue weighted by Crippen LogP contribution is 2.34. The molecule has 0 atom stereocenters. The smallest absolute Gasteiger partial charge is 0.293 e. The van der Waals surface area contributed by atoms with Gasteiger partial charge in [-0.1, -0.05) is 6.92 Å². The number of aromatic nitrogens is 2. The van der Waals surface area contributed by atoms with Crippen LogP contribution >= 0.6 is 11.8 Å². The molecule has 0 radical (unpaired) electrons. The molecule has 0 unspecified atom stereocenters. The third-order valence-corrected chi connectivity index (χ3v) is 5.32. The minimum absolute atomic E-state index is 0.0186. The molecule has 0 aliphatic rings. The zero-order chi connectivity index (χ0) is 23.7. The number of amides is 1. The maximum atomic E-state index is 13.2. The van der Waals surface area contributed by atoms with E-state index in [1.807, 2.05) is 0 Å². The van der Waals surface area contributed by atoms with Crippen molar-refractivity contribution in [3.05, 3.63) is 59.4 Å². The summed E-state index contributed by atoms with van der Waals surface area (Å²) >= 11 is 1.08. The lowest BCUT2D eigenvalue weighted by molar-refractivity contribution is -0.138. The van der Waals surface area contributed by atoms with Crippen LogP contribution in [0.5, 0.6) is 0 Å². The number of imidazole rings is 1. The summed E-state index contributed by atoms with van der Waals surface area (Å²) in [6.07, 6.45) is -8.36. The summed E-state index contributed by atoms with van der Waals surface area (Å²) in [4.78, 5) is 18.3. The topological polar surface area (TPSA) is 61.4 Å². The van der Waals surface area contributed by atoms with Gasteiger partial charge in [-0.2, -0.15) is 31.6 Å². The Morgan fingerprint density at radius 2 is 1.66 bits per heavy atom. The molecule has 0 aliphatic carbocycles. The van der Waals surface area contributed by atoms with Crippen molar-refractivity contribution < 1.29 is 31.1 Å². The van der Waals surface area contributed by atoms with Crippen LogP contribution in [-0.4, -0.2) is 27.6 Å². The van der Waals surface area contributed by atoms with Crippen LogP contribution in [0.3, 0.4) is 0 Å². The van der Waals surface area contributed by atoms with E-state index in [9.17, 15) is 31.1 Å². The van der Waals surface area contributed by atoms with Crippen molar-refractivity contribution in [2.45, 2.75) is 24.3 Å². The summed E-state index contributed by atoms with van der Waals surface area (Å²) < 4.78 is 79.0. The molecular weight excluding hydrogens is 458 g/mol. The van der Waals surface area contributed by atoms with Gasteiger partial charge in [0.2, 0.25) is 0 Å². The number of anilines is 1. The minimum atomic E-state index is -4.61. The lowest BCUT2D eigenvalue weighted by Gasteiger charge is -2.20. The molecular formula is C20H14F6N4OS. The van der Waals surface area contributed by atoms with E-state index in [1.165, 1.54) is 0 Å². The summed E-state index contributed by atoms with van der Waals surface area (Å²) in [5, 5.41) is 9.27. The van der Waals surface area contributed by atoms with Gasteiger partial charge < -0.3 is 0 Å².